The zero-order valence-electron chi connectivity index (χ0n) is 11.3. The predicted octanol–water partition coefficient (Wildman–Crippen LogP) is 2.45. The van der Waals surface area contributed by atoms with E-state index in [0.717, 1.165) is 5.92 Å². The first-order valence-corrected chi connectivity index (χ1v) is 7.01. The summed E-state index contributed by atoms with van der Waals surface area (Å²) in [4.78, 5) is 5.20. The van der Waals surface area contributed by atoms with Crippen molar-refractivity contribution in [3.8, 4) is 0 Å². The van der Waals surface area contributed by atoms with Gasteiger partial charge in [0.2, 0.25) is 0 Å². The molecule has 0 atom stereocenters. The molecule has 0 saturated carbocycles. The number of piperidine rings is 1. The van der Waals surface area contributed by atoms with Crippen molar-refractivity contribution in [2.75, 3.05) is 39.8 Å². The third kappa shape index (κ3) is 2.98. The van der Waals surface area contributed by atoms with E-state index in [2.05, 4.69) is 30.7 Å². The van der Waals surface area contributed by atoms with Crippen molar-refractivity contribution < 1.29 is 0 Å². The van der Waals surface area contributed by atoms with E-state index in [0.29, 0.717) is 5.41 Å². The van der Waals surface area contributed by atoms with Gasteiger partial charge in [-0.2, -0.15) is 0 Å². The molecule has 2 heteroatoms. The Morgan fingerprint density at radius 1 is 1.06 bits per heavy atom. The lowest BCUT2D eigenvalue weighted by Crippen LogP contribution is -2.41. The minimum Gasteiger partial charge on any atom is -0.306 e. The first kappa shape index (κ1) is 12.4. The monoisotopic (exact) mass is 224 g/mol. The summed E-state index contributed by atoms with van der Waals surface area (Å²) >= 11 is 0. The molecule has 94 valence electrons. The second-order valence-corrected chi connectivity index (χ2v) is 6.51. The predicted molar refractivity (Wildman–Crippen MR) is 69.7 cm³/mol. The number of nitrogens with zero attached hydrogens (tertiary/aromatic N) is 2. The second-order valence-electron chi connectivity index (χ2n) is 6.51. The Hall–Kier alpha value is -0.0800. The van der Waals surface area contributed by atoms with Gasteiger partial charge in [0, 0.05) is 6.54 Å². The molecule has 2 saturated heterocycles. The van der Waals surface area contributed by atoms with E-state index in [1.54, 1.807) is 0 Å². The molecule has 2 fully saturated rings. The van der Waals surface area contributed by atoms with E-state index in [9.17, 15) is 0 Å². The average Bonchev–Trinajstić information content (AvgIpc) is 2.59. The van der Waals surface area contributed by atoms with Gasteiger partial charge in [-0.15, -0.1) is 0 Å². The third-order valence-corrected chi connectivity index (χ3v) is 4.57. The molecule has 2 heterocycles. The van der Waals surface area contributed by atoms with Crippen LogP contribution in [0.1, 0.15) is 39.5 Å². The number of rotatable bonds is 3. The summed E-state index contributed by atoms with van der Waals surface area (Å²) in [5.41, 5.74) is 0.698. The highest BCUT2D eigenvalue weighted by atomic mass is 15.2. The van der Waals surface area contributed by atoms with E-state index >= 15 is 0 Å². The third-order valence-electron chi connectivity index (χ3n) is 4.57. The first-order chi connectivity index (χ1) is 7.60. The summed E-state index contributed by atoms with van der Waals surface area (Å²) in [5.74, 6) is 0.855. The largest absolute Gasteiger partial charge is 0.306 e. The summed E-state index contributed by atoms with van der Waals surface area (Å²) in [6.07, 6.45) is 5.69. The van der Waals surface area contributed by atoms with E-state index in [-0.39, 0.29) is 0 Å². The van der Waals surface area contributed by atoms with Gasteiger partial charge < -0.3 is 9.80 Å². The van der Waals surface area contributed by atoms with Crippen LogP contribution in [0.15, 0.2) is 0 Å². The molecule has 0 N–H and O–H groups in total. The highest BCUT2D eigenvalue weighted by Crippen LogP contribution is 2.39. The van der Waals surface area contributed by atoms with Crippen LogP contribution in [0, 0.1) is 11.3 Å². The number of hydrogen-bond donors (Lipinski definition) is 0. The van der Waals surface area contributed by atoms with Gasteiger partial charge in [0.05, 0.1) is 0 Å². The standard InChI is InChI=1S/C14H28N2/c1-13(2)4-8-16-10-6-14(7-11-16)5-9-15(3)12-14/h13H,4-12H2,1-3H3. The summed E-state index contributed by atoms with van der Waals surface area (Å²) in [5, 5.41) is 0. The van der Waals surface area contributed by atoms with Gasteiger partial charge in [-0.1, -0.05) is 13.8 Å². The lowest BCUT2D eigenvalue weighted by molar-refractivity contribution is 0.107. The van der Waals surface area contributed by atoms with Crippen molar-refractivity contribution in [1.82, 2.24) is 9.80 Å². The molecule has 2 rings (SSSR count). The summed E-state index contributed by atoms with van der Waals surface area (Å²) in [6, 6.07) is 0. The van der Waals surface area contributed by atoms with E-state index in [1.165, 1.54) is 58.4 Å². The van der Waals surface area contributed by atoms with Crippen LogP contribution < -0.4 is 0 Å². The Kier molecular flexibility index (Phi) is 3.91. The SMILES string of the molecule is CC(C)CCN1CCC2(CCN(C)C2)CC1. The number of hydrogen-bond acceptors (Lipinski definition) is 2. The van der Waals surface area contributed by atoms with Crippen LogP contribution in [0.3, 0.4) is 0 Å². The van der Waals surface area contributed by atoms with Gasteiger partial charge in [0.1, 0.15) is 0 Å². The fourth-order valence-electron chi connectivity index (χ4n) is 3.26. The van der Waals surface area contributed by atoms with Gasteiger partial charge in [0.25, 0.3) is 0 Å². The number of likely N-dealkylation sites (tertiary alicyclic amines) is 2. The minimum absolute atomic E-state index is 0.698. The smallest absolute Gasteiger partial charge is 0.00364 e. The van der Waals surface area contributed by atoms with Gasteiger partial charge in [-0.3, -0.25) is 0 Å². The van der Waals surface area contributed by atoms with Crippen LogP contribution in [-0.4, -0.2) is 49.6 Å². The highest BCUT2D eigenvalue weighted by Gasteiger charge is 2.38. The molecular formula is C14H28N2. The molecule has 0 unspecified atom stereocenters. The minimum atomic E-state index is 0.698. The molecule has 0 radical (unpaired) electrons. The quantitative estimate of drug-likeness (QED) is 0.726. The Morgan fingerprint density at radius 2 is 1.69 bits per heavy atom. The van der Waals surface area contributed by atoms with Crippen molar-refractivity contribution in [1.29, 1.82) is 0 Å². The molecule has 2 aliphatic heterocycles. The van der Waals surface area contributed by atoms with Crippen molar-refractivity contribution >= 4 is 0 Å². The summed E-state index contributed by atoms with van der Waals surface area (Å²) in [6.45, 7) is 11.4. The molecule has 0 amide bonds. The van der Waals surface area contributed by atoms with Gasteiger partial charge in [-0.25, -0.2) is 0 Å². The molecule has 0 bridgehead atoms. The van der Waals surface area contributed by atoms with Crippen LogP contribution in [0.4, 0.5) is 0 Å². The maximum atomic E-state index is 2.68. The van der Waals surface area contributed by atoms with Crippen LogP contribution >= 0.6 is 0 Å². The van der Waals surface area contributed by atoms with Gasteiger partial charge >= 0.3 is 0 Å². The molecule has 0 aliphatic carbocycles. The lowest BCUT2D eigenvalue weighted by atomic mass is 9.78. The normalized spacial score (nSPS) is 27.0. The van der Waals surface area contributed by atoms with Crippen LogP contribution in [0.25, 0.3) is 0 Å². The van der Waals surface area contributed by atoms with Crippen LogP contribution in [0.5, 0.6) is 0 Å². The molecule has 16 heavy (non-hydrogen) atoms. The van der Waals surface area contributed by atoms with Crippen molar-refractivity contribution in [2.45, 2.75) is 39.5 Å². The van der Waals surface area contributed by atoms with Crippen LogP contribution in [-0.2, 0) is 0 Å². The average molecular weight is 224 g/mol. The van der Waals surface area contributed by atoms with Crippen LogP contribution in [0.2, 0.25) is 0 Å². The summed E-state index contributed by atoms with van der Waals surface area (Å²) in [7, 11) is 2.28. The van der Waals surface area contributed by atoms with Crippen molar-refractivity contribution in [2.24, 2.45) is 11.3 Å². The maximum Gasteiger partial charge on any atom is 0.00364 e. The Bertz CT molecular complexity index is 217. The van der Waals surface area contributed by atoms with E-state index < -0.39 is 0 Å². The Labute approximate surface area is 101 Å². The topological polar surface area (TPSA) is 6.48 Å². The zero-order chi connectivity index (χ0) is 11.6. The molecular weight excluding hydrogens is 196 g/mol. The van der Waals surface area contributed by atoms with E-state index in [4.69, 9.17) is 0 Å². The molecule has 2 aliphatic rings. The lowest BCUT2D eigenvalue weighted by Gasteiger charge is -2.39. The fourth-order valence-corrected chi connectivity index (χ4v) is 3.26. The Morgan fingerprint density at radius 3 is 2.19 bits per heavy atom. The molecule has 0 aromatic rings. The molecule has 0 aromatic heterocycles. The van der Waals surface area contributed by atoms with Crippen molar-refractivity contribution in [3.05, 3.63) is 0 Å². The maximum absolute atomic E-state index is 2.68. The molecule has 0 aromatic carbocycles. The fraction of sp³-hybridized carbons (Fsp3) is 1.00. The van der Waals surface area contributed by atoms with Crippen molar-refractivity contribution in [3.63, 3.8) is 0 Å². The molecule has 2 nitrogen and oxygen atoms in total. The Balaban J connectivity index is 1.74. The molecule has 1 spiro atoms. The summed E-state index contributed by atoms with van der Waals surface area (Å²) < 4.78 is 0. The highest BCUT2D eigenvalue weighted by molar-refractivity contribution is 4.92. The zero-order valence-corrected chi connectivity index (χ0v) is 11.3. The first-order valence-electron chi connectivity index (χ1n) is 7.01. The van der Waals surface area contributed by atoms with Gasteiger partial charge in [-0.05, 0) is 70.2 Å². The van der Waals surface area contributed by atoms with Gasteiger partial charge in [0.15, 0.2) is 0 Å². The van der Waals surface area contributed by atoms with E-state index in [1.807, 2.05) is 0 Å². The second kappa shape index (κ2) is 5.05.